The third kappa shape index (κ3) is 3.26. The molecule has 3 aromatic rings. The zero-order valence-electron chi connectivity index (χ0n) is 16.3. The maximum atomic E-state index is 14.3. The number of carbonyl (C=O) groups is 1. The first-order valence-electron chi connectivity index (χ1n) is 8.94. The van der Waals surface area contributed by atoms with E-state index in [1.54, 1.807) is 17.4 Å². The number of methoxy groups -OCH3 is 1. The topological polar surface area (TPSA) is 69.4 Å². The summed E-state index contributed by atoms with van der Waals surface area (Å²) in [6.07, 6.45) is 0.00117. The van der Waals surface area contributed by atoms with Crippen LogP contribution in [0.4, 0.5) is 4.39 Å². The molecule has 0 bridgehead atoms. The molecule has 1 aliphatic heterocycles. The zero-order valence-corrected chi connectivity index (χ0v) is 17.9. The van der Waals surface area contributed by atoms with Gasteiger partial charge in [0.25, 0.3) is 0 Å². The van der Waals surface area contributed by atoms with Crippen LogP contribution in [-0.4, -0.2) is 33.6 Å². The van der Waals surface area contributed by atoms with Gasteiger partial charge >= 0.3 is 5.97 Å². The number of rotatable bonds is 3. The SMILES string of the molecule is COC(=O)CC1N=C(c2ccc(Cl)c(F)c2)c2c(sc(C)c2C)-n2c(C)nnc21. The molecule has 6 nitrogen and oxygen atoms in total. The fraction of sp³-hybridized carbons (Fsp3) is 0.300. The molecule has 0 amide bonds. The normalized spacial score (nSPS) is 15.4. The van der Waals surface area contributed by atoms with E-state index < -0.39 is 17.8 Å². The van der Waals surface area contributed by atoms with Crippen LogP contribution in [0.3, 0.4) is 0 Å². The fourth-order valence-corrected chi connectivity index (χ4v) is 4.74. The number of aliphatic imine (C=N–C) groups is 1. The van der Waals surface area contributed by atoms with Crippen molar-refractivity contribution in [1.29, 1.82) is 0 Å². The second kappa shape index (κ2) is 7.35. The van der Waals surface area contributed by atoms with Crippen LogP contribution in [0.25, 0.3) is 5.00 Å². The van der Waals surface area contributed by atoms with E-state index in [-0.39, 0.29) is 11.4 Å². The molecule has 29 heavy (non-hydrogen) atoms. The first-order valence-corrected chi connectivity index (χ1v) is 10.1. The Labute approximate surface area is 176 Å². The Morgan fingerprint density at radius 2 is 2.07 bits per heavy atom. The van der Waals surface area contributed by atoms with Crippen molar-refractivity contribution >= 4 is 34.6 Å². The lowest BCUT2D eigenvalue weighted by molar-refractivity contribution is -0.141. The van der Waals surface area contributed by atoms with Crippen molar-refractivity contribution in [3.8, 4) is 5.00 Å². The first-order chi connectivity index (χ1) is 13.8. The third-order valence-corrected chi connectivity index (χ3v) is 6.52. The van der Waals surface area contributed by atoms with Gasteiger partial charge < -0.3 is 4.74 Å². The first kappa shape index (κ1) is 19.7. The number of hydrogen-bond acceptors (Lipinski definition) is 6. The van der Waals surface area contributed by atoms with Crippen LogP contribution in [0.5, 0.6) is 0 Å². The Morgan fingerprint density at radius 1 is 1.31 bits per heavy atom. The van der Waals surface area contributed by atoms with Gasteiger partial charge in [0.2, 0.25) is 0 Å². The van der Waals surface area contributed by atoms with Crippen molar-refractivity contribution in [3.63, 3.8) is 0 Å². The number of fused-ring (bicyclic) bond motifs is 3. The minimum atomic E-state index is -0.614. The van der Waals surface area contributed by atoms with Gasteiger partial charge in [-0.1, -0.05) is 17.7 Å². The van der Waals surface area contributed by atoms with Gasteiger partial charge in [-0.25, -0.2) is 4.39 Å². The maximum Gasteiger partial charge on any atom is 0.308 e. The molecule has 1 aliphatic rings. The third-order valence-electron chi connectivity index (χ3n) is 5.02. The maximum absolute atomic E-state index is 14.3. The van der Waals surface area contributed by atoms with E-state index in [4.69, 9.17) is 21.3 Å². The second-order valence-corrected chi connectivity index (χ2v) is 8.42. The molecule has 1 unspecified atom stereocenters. The Kier molecular flexibility index (Phi) is 5.00. The minimum absolute atomic E-state index is 0.00117. The predicted octanol–water partition coefficient (Wildman–Crippen LogP) is 4.50. The molecule has 0 saturated carbocycles. The molecule has 150 valence electrons. The van der Waals surface area contributed by atoms with Crippen molar-refractivity contribution in [2.45, 2.75) is 33.2 Å². The number of esters is 1. The Hall–Kier alpha value is -2.58. The number of aryl methyl sites for hydroxylation is 2. The van der Waals surface area contributed by atoms with E-state index in [1.165, 1.54) is 19.2 Å². The molecule has 0 fully saturated rings. The van der Waals surface area contributed by atoms with Gasteiger partial charge in [-0.3, -0.25) is 14.4 Å². The summed E-state index contributed by atoms with van der Waals surface area (Å²) >= 11 is 7.47. The standard InChI is InChI=1S/C20H18ClFN4O2S/c1-9-10(2)29-20-17(9)18(12-5-6-13(21)14(22)7-12)23-15(8-16(27)28-4)19-25-24-11(3)26(19)20/h5-7,15H,8H2,1-4H3. The van der Waals surface area contributed by atoms with Crippen molar-refractivity contribution in [2.24, 2.45) is 4.99 Å². The summed E-state index contributed by atoms with van der Waals surface area (Å²) in [4.78, 5) is 18.0. The molecule has 0 aliphatic carbocycles. The van der Waals surface area contributed by atoms with Gasteiger partial charge in [0.05, 0.1) is 24.3 Å². The molecular weight excluding hydrogens is 415 g/mol. The van der Waals surface area contributed by atoms with Gasteiger partial charge in [0, 0.05) is 16.0 Å². The summed E-state index contributed by atoms with van der Waals surface area (Å²) in [5.74, 6) is 0.309. The van der Waals surface area contributed by atoms with Gasteiger partial charge in [0.1, 0.15) is 22.7 Å². The average molecular weight is 433 g/mol. The van der Waals surface area contributed by atoms with E-state index in [2.05, 4.69) is 10.2 Å². The van der Waals surface area contributed by atoms with Crippen LogP contribution in [0, 0.1) is 26.6 Å². The Balaban J connectivity index is 2.02. The number of benzene rings is 1. The van der Waals surface area contributed by atoms with E-state index in [0.717, 1.165) is 21.0 Å². The number of carbonyl (C=O) groups excluding carboxylic acids is 1. The van der Waals surface area contributed by atoms with Crippen LogP contribution < -0.4 is 0 Å². The highest BCUT2D eigenvalue weighted by Crippen LogP contribution is 2.39. The number of halogens is 2. The minimum Gasteiger partial charge on any atom is -0.469 e. The van der Waals surface area contributed by atoms with Crippen LogP contribution in [0.2, 0.25) is 5.02 Å². The summed E-state index contributed by atoms with van der Waals surface area (Å²) in [5, 5.41) is 9.44. The molecule has 4 rings (SSSR count). The Bertz CT molecular complexity index is 1170. The highest BCUT2D eigenvalue weighted by molar-refractivity contribution is 7.15. The Morgan fingerprint density at radius 3 is 2.76 bits per heavy atom. The highest BCUT2D eigenvalue weighted by Gasteiger charge is 2.32. The number of nitrogens with zero attached hydrogens (tertiary/aromatic N) is 4. The second-order valence-electron chi connectivity index (χ2n) is 6.81. The van der Waals surface area contributed by atoms with Crippen molar-refractivity contribution < 1.29 is 13.9 Å². The van der Waals surface area contributed by atoms with Gasteiger partial charge in [-0.05, 0) is 38.5 Å². The average Bonchev–Trinajstić information content (AvgIpc) is 3.16. The van der Waals surface area contributed by atoms with Crippen LogP contribution in [-0.2, 0) is 9.53 Å². The van der Waals surface area contributed by atoms with Crippen molar-refractivity contribution in [1.82, 2.24) is 14.8 Å². The van der Waals surface area contributed by atoms with E-state index in [1.807, 2.05) is 25.3 Å². The predicted molar refractivity (Wildman–Crippen MR) is 110 cm³/mol. The molecule has 2 aromatic heterocycles. The highest BCUT2D eigenvalue weighted by atomic mass is 35.5. The molecule has 1 aromatic carbocycles. The lowest BCUT2D eigenvalue weighted by Crippen LogP contribution is -2.12. The van der Waals surface area contributed by atoms with Crippen molar-refractivity contribution in [3.05, 3.63) is 62.3 Å². The number of ether oxygens (including phenoxy) is 1. The molecule has 0 spiro atoms. The summed E-state index contributed by atoms with van der Waals surface area (Å²) in [7, 11) is 1.33. The monoisotopic (exact) mass is 432 g/mol. The number of aromatic nitrogens is 3. The van der Waals surface area contributed by atoms with Crippen molar-refractivity contribution in [2.75, 3.05) is 7.11 Å². The molecule has 9 heteroatoms. The largest absolute Gasteiger partial charge is 0.469 e. The van der Waals surface area contributed by atoms with Gasteiger partial charge in [-0.15, -0.1) is 21.5 Å². The molecule has 0 N–H and O–H groups in total. The summed E-state index contributed by atoms with van der Waals surface area (Å²) in [6, 6.07) is 3.99. The molecule has 1 atom stereocenters. The fourth-order valence-electron chi connectivity index (χ4n) is 3.41. The van der Waals surface area contributed by atoms with E-state index >= 15 is 0 Å². The van der Waals surface area contributed by atoms with Crippen LogP contribution in [0.1, 0.15) is 45.7 Å². The zero-order chi connectivity index (χ0) is 20.9. The molecule has 0 saturated heterocycles. The van der Waals surface area contributed by atoms with Gasteiger partial charge in [0.15, 0.2) is 5.82 Å². The summed E-state index contributed by atoms with van der Waals surface area (Å²) < 4.78 is 21.0. The molecular formula is C20H18ClFN4O2S. The van der Waals surface area contributed by atoms with Gasteiger partial charge in [-0.2, -0.15) is 0 Å². The lowest BCUT2D eigenvalue weighted by atomic mass is 9.99. The molecule has 3 heterocycles. The summed E-state index contributed by atoms with van der Waals surface area (Å²) in [6.45, 7) is 5.89. The number of thiophene rings is 1. The number of hydrogen-bond donors (Lipinski definition) is 0. The van der Waals surface area contributed by atoms with E-state index in [9.17, 15) is 9.18 Å². The quantitative estimate of drug-likeness (QED) is 0.571. The molecule has 0 radical (unpaired) electrons. The smallest absolute Gasteiger partial charge is 0.308 e. The summed E-state index contributed by atoms with van der Waals surface area (Å²) in [5.41, 5.74) is 3.10. The van der Waals surface area contributed by atoms with Crippen LogP contribution >= 0.6 is 22.9 Å². The van der Waals surface area contributed by atoms with E-state index in [0.29, 0.717) is 22.9 Å². The lowest BCUT2D eigenvalue weighted by Gasteiger charge is -2.12. The van der Waals surface area contributed by atoms with Crippen LogP contribution in [0.15, 0.2) is 23.2 Å².